The standard InChI is InChI=1S/C10H11N2O.Pb.H/c11-4-3-7-6-12-10-2-1-8(13)5-9(7)10;;/h1-2,5-6,13H,3-4,11H2;;/q-1;+1;. The molecule has 0 saturated carbocycles. The second kappa shape index (κ2) is 3.90. The zero-order chi connectivity index (χ0) is 10.1. The number of rotatable bonds is 2. The Balaban J connectivity index is 2.66. The van der Waals surface area contributed by atoms with Crippen LogP contribution >= 0.6 is 0 Å². The number of hydrogen-bond donors (Lipinski definition) is 2. The van der Waals surface area contributed by atoms with Crippen molar-refractivity contribution in [2.75, 3.05) is 6.54 Å². The van der Waals surface area contributed by atoms with Crippen molar-refractivity contribution in [2.45, 2.75) is 6.42 Å². The molecule has 0 amide bonds. The Kier molecular flexibility index (Phi) is 2.78. The fourth-order valence-electron chi connectivity index (χ4n) is 1.67. The first-order valence-corrected chi connectivity index (χ1v) is 6.51. The Hall–Kier alpha value is -0.558. The topological polar surface area (TPSA) is 51.2 Å². The van der Waals surface area contributed by atoms with E-state index in [0.717, 1.165) is 37.9 Å². The molecule has 72 valence electrons. The van der Waals surface area contributed by atoms with Crippen LogP contribution in [0.25, 0.3) is 10.9 Å². The van der Waals surface area contributed by atoms with Gasteiger partial charge >= 0.3 is 98.9 Å². The first kappa shape index (κ1) is 9.98. The summed E-state index contributed by atoms with van der Waals surface area (Å²) in [6, 6.07) is 5.51. The van der Waals surface area contributed by atoms with Crippen LogP contribution in [0.3, 0.4) is 0 Å². The SMILES string of the molecule is NCCc1c[n]([PbH])c2ccc(O)cc12. The molecule has 2 aromatic rings. The van der Waals surface area contributed by atoms with E-state index in [-0.39, 0.29) is 0 Å². The predicted molar refractivity (Wildman–Crippen MR) is 58.9 cm³/mol. The summed E-state index contributed by atoms with van der Waals surface area (Å²) in [6.45, 7) is 0.652. The Morgan fingerprint density at radius 1 is 1.43 bits per heavy atom. The van der Waals surface area contributed by atoms with Crippen molar-refractivity contribution in [3.63, 3.8) is 0 Å². The molecule has 2 radical (unpaired) electrons. The van der Waals surface area contributed by atoms with Gasteiger partial charge in [0.15, 0.2) is 0 Å². The summed E-state index contributed by atoms with van der Waals surface area (Å²) >= 11 is 0.749. The molecule has 14 heavy (non-hydrogen) atoms. The van der Waals surface area contributed by atoms with Crippen molar-refractivity contribution in [3.8, 4) is 5.75 Å². The minimum absolute atomic E-state index is 0.326. The first-order valence-electron chi connectivity index (χ1n) is 4.50. The number of hydrogen-bond acceptors (Lipinski definition) is 2. The zero-order valence-corrected chi connectivity index (χ0v) is 12.3. The van der Waals surface area contributed by atoms with E-state index in [1.165, 1.54) is 11.1 Å². The normalized spacial score (nSPS) is 11.0. The van der Waals surface area contributed by atoms with Crippen LogP contribution in [0.15, 0.2) is 24.4 Å². The molecule has 0 aliphatic carbocycles. The molecule has 0 aliphatic heterocycles. The van der Waals surface area contributed by atoms with Crippen LogP contribution in [0.1, 0.15) is 5.56 Å². The van der Waals surface area contributed by atoms with Crippen molar-refractivity contribution >= 4 is 37.0 Å². The molecule has 0 fully saturated rings. The Bertz CT molecular complexity index is 464. The van der Waals surface area contributed by atoms with E-state index < -0.39 is 0 Å². The average Bonchev–Trinajstić information content (AvgIpc) is 2.44. The van der Waals surface area contributed by atoms with Gasteiger partial charge in [-0.2, -0.15) is 0 Å². The van der Waals surface area contributed by atoms with Crippen molar-refractivity contribution in [1.29, 1.82) is 0 Å². The van der Waals surface area contributed by atoms with Crippen LogP contribution in [0, 0.1) is 0 Å². The fraction of sp³-hybridized carbons (Fsp3) is 0.200. The Morgan fingerprint density at radius 3 is 2.93 bits per heavy atom. The molecule has 2 rings (SSSR count). The van der Waals surface area contributed by atoms with Gasteiger partial charge in [-0.3, -0.25) is 0 Å². The van der Waals surface area contributed by atoms with Crippen LogP contribution in [0.5, 0.6) is 5.75 Å². The molecule has 0 unspecified atom stereocenters. The summed E-state index contributed by atoms with van der Waals surface area (Å²) in [5, 5.41) is 10.5. The summed E-state index contributed by atoms with van der Waals surface area (Å²) in [5.41, 5.74) is 7.98. The van der Waals surface area contributed by atoms with Gasteiger partial charge < -0.3 is 0 Å². The maximum absolute atomic E-state index is 9.41. The summed E-state index contributed by atoms with van der Waals surface area (Å²) in [7, 11) is 0. The number of nitrogens with zero attached hydrogens (tertiary/aromatic N) is 1. The quantitative estimate of drug-likeness (QED) is 0.743. The Labute approximate surface area is 98.6 Å². The van der Waals surface area contributed by atoms with Crippen molar-refractivity contribution in [2.24, 2.45) is 5.73 Å². The van der Waals surface area contributed by atoms with Gasteiger partial charge in [-0.15, -0.1) is 0 Å². The number of nitrogens with two attached hydrogens (primary N) is 1. The van der Waals surface area contributed by atoms with Gasteiger partial charge in [0, 0.05) is 0 Å². The predicted octanol–water partition coefficient (Wildman–Crippen LogP) is 0.512. The van der Waals surface area contributed by atoms with Crippen LogP contribution in [0.4, 0.5) is 0 Å². The molecule has 1 aromatic carbocycles. The number of aromatic hydroxyl groups is 1. The molecule has 0 saturated heterocycles. The van der Waals surface area contributed by atoms with Gasteiger partial charge in [0.2, 0.25) is 0 Å². The number of fused-ring (bicyclic) bond motifs is 1. The third kappa shape index (κ3) is 1.66. The zero-order valence-electron chi connectivity index (χ0n) is 7.77. The van der Waals surface area contributed by atoms with Gasteiger partial charge in [-0.1, -0.05) is 0 Å². The van der Waals surface area contributed by atoms with Crippen molar-refractivity contribution < 1.29 is 5.11 Å². The molecule has 1 heterocycles. The van der Waals surface area contributed by atoms with E-state index in [1.807, 2.05) is 12.1 Å². The number of benzene rings is 1. The van der Waals surface area contributed by atoms with Gasteiger partial charge in [0.1, 0.15) is 0 Å². The van der Waals surface area contributed by atoms with Crippen LogP contribution < -0.4 is 5.73 Å². The monoisotopic (exact) mass is 384 g/mol. The molecular weight excluding hydrogens is 371 g/mol. The van der Waals surface area contributed by atoms with E-state index in [9.17, 15) is 5.11 Å². The molecule has 1 aromatic heterocycles. The van der Waals surface area contributed by atoms with E-state index >= 15 is 0 Å². The van der Waals surface area contributed by atoms with E-state index in [2.05, 4.69) is 8.57 Å². The third-order valence-electron chi connectivity index (χ3n) is 2.31. The summed E-state index contributed by atoms with van der Waals surface area (Å²) in [6.07, 6.45) is 3.02. The summed E-state index contributed by atoms with van der Waals surface area (Å²) in [4.78, 5) is 0. The molecule has 0 bridgehead atoms. The molecule has 0 atom stereocenters. The average molecular weight is 383 g/mol. The number of phenolic OH excluding ortho intramolecular Hbond substituents is 1. The summed E-state index contributed by atoms with van der Waals surface area (Å²) < 4.78 is 2.22. The van der Waals surface area contributed by atoms with Crippen LogP contribution in [-0.2, 0) is 6.42 Å². The number of phenols is 1. The van der Waals surface area contributed by atoms with Gasteiger partial charge in [0.05, 0.1) is 0 Å². The van der Waals surface area contributed by atoms with Gasteiger partial charge in [-0.25, -0.2) is 0 Å². The maximum atomic E-state index is 9.41. The van der Waals surface area contributed by atoms with Gasteiger partial charge in [-0.05, 0) is 0 Å². The first-order chi connectivity index (χ1) is 6.72. The fourth-order valence-corrected chi connectivity index (χ4v) is 3.24. The Morgan fingerprint density at radius 2 is 2.21 bits per heavy atom. The molecular formula is C10H12N2OPb. The molecule has 3 N–H and O–H groups in total. The van der Waals surface area contributed by atoms with E-state index in [1.54, 1.807) is 6.07 Å². The molecule has 0 aliphatic rings. The summed E-state index contributed by atoms with van der Waals surface area (Å²) in [5.74, 6) is 0.326. The van der Waals surface area contributed by atoms with E-state index in [4.69, 9.17) is 5.73 Å². The third-order valence-corrected chi connectivity index (χ3v) is 3.97. The molecule has 3 nitrogen and oxygen atoms in total. The van der Waals surface area contributed by atoms with Crippen molar-refractivity contribution in [3.05, 3.63) is 30.0 Å². The van der Waals surface area contributed by atoms with E-state index in [0.29, 0.717) is 12.3 Å². The molecule has 0 spiro atoms. The molecule has 4 heteroatoms. The van der Waals surface area contributed by atoms with Gasteiger partial charge in [0.25, 0.3) is 0 Å². The van der Waals surface area contributed by atoms with Crippen LogP contribution in [-0.4, -0.2) is 40.1 Å². The minimum atomic E-state index is 0.326. The van der Waals surface area contributed by atoms with Crippen LogP contribution in [0.2, 0.25) is 0 Å². The second-order valence-electron chi connectivity index (χ2n) is 3.30. The van der Waals surface area contributed by atoms with Crippen molar-refractivity contribution in [1.82, 2.24) is 2.38 Å². The second-order valence-corrected chi connectivity index (χ2v) is 5.46. The number of aromatic nitrogens is 1.